The van der Waals surface area contributed by atoms with Gasteiger partial charge in [0.15, 0.2) is 6.29 Å². The Labute approximate surface area is 359 Å². The molecule has 12 nitrogen and oxygen atoms in total. The molecule has 0 aromatic heterocycles. The molecule has 0 aromatic carbocycles. The highest BCUT2D eigenvalue weighted by Gasteiger charge is 2.48. The van der Waals surface area contributed by atoms with Crippen molar-refractivity contribution in [2.75, 3.05) is 13.2 Å². The van der Waals surface area contributed by atoms with Crippen LogP contribution < -0.4 is 5.32 Å². The number of nitrogens with one attached hydrogen (secondary N) is 1. The van der Waals surface area contributed by atoms with E-state index in [4.69, 9.17) is 14.0 Å². The minimum absolute atomic E-state index is 0.220. The van der Waals surface area contributed by atoms with Gasteiger partial charge in [0.1, 0.15) is 24.4 Å². The standard InChI is InChI=1S/C46H87NO11S/c1-3-5-7-9-11-13-14-15-16-17-18-19-20-21-22-23-24-25-26-28-29-31-33-35-40(49)39(47-42(50)36-34-32-30-27-12-10-8-6-4-2)38-56-46-44(52)45(58-59(53,54)55)43(51)41(37-48)57-46/h27,30,33,35,39-41,43-46,48-49,51-52H,3-26,28-29,31-32,34,36-38H2,1-2H3,(H,47,50)(H,53,54,55)/b30-27-,35-33+. The zero-order valence-electron chi connectivity index (χ0n) is 37.1. The van der Waals surface area contributed by atoms with E-state index < -0.39 is 59.9 Å². The second kappa shape index (κ2) is 37.2. The minimum atomic E-state index is -5.08. The molecule has 59 heavy (non-hydrogen) atoms. The van der Waals surface area contributed by atoms with Crippen LogP contribution in [0.2, 0.25) is 0 Å². The van der Waals surface area contributed by atoms with Gasteiger partial charge in [0, 0.05) is 6.42 Å². The molecule has 0 saturated carbocycles. The molecule has 7 atom stereocenters. The monoisotopic (exact) mass is 862 g/mol. The first-order chi connectivity index (χ1) is 28.5. The molecule has 1 saturated heterocycles. The number of carbonyl (C=O) groups is 1. The predicted molar refractivity (Wildman–Crippen MR) is 236 cm³/mol. The fraction of sp³-hybridized carbons (Fsp3) is 0.891. The Morgan fingerprint density at radius 3 is 1.54 bits per heavy atom. The van der Waals surface area contributed by atoms with E-state index in [9.17, 15) is 33.6 Å². The maximum absolute atomic E-state index is 12.9. The SMILES string of the molecule is CCCCCC/C=C\CCCC(=O)NC(COC1OC(CO)C(O)C(OS(=O)(=O)O)C1O)C(O)/C=C/CCCCCCCCCCCCCCCCCCCCCCC. The first-order valence-corrected chi connectivity index (χ1v) is 25.1. The van der Waals surface area contributed by atoms with Crippen LogP contribution in [0.25, 0.3) is 0 Å². The summed E-state index contributed by atoms with van der Waals surface area (Å²) in [5.41, 5.74) is 0. The van der Waals surface area contributed by atoms with Crippen LogP contribution >= 0.6 is 0 Å². The normalized spacial score (nSPS) is 21.1. The van der Waals surface area contributed by atoms with E-state index in [2.05, 4.69) is 35.5 Å². The van der Waals surface area contributed by atoms with Crippen LogP contribution in [0.5, 0.6) is 0 Å². The molecule has 1 heterocycles. The lowest BCUT2D eigenvalue weighted by Gasteiger charge is -2.41. The second-order valence-electron chi connectivity index (χ2n) is 16.7. The third-order valence-electron chi connectivity index (χ3n) is 11.2. The molecule has 348 valence electrons. The first kappa shape index (κ1) is 55.6. The lowest BCUT2D eigenvalue weighted by atomic mass is 9.99. The highest BCUT2D eigenvalue weighted by Crippen LogP contribution is 2.26. The van der Waals surface area contributed by atoms with Crippen LogP contribution in [-0.2, 0) is 28.9 Å². The Morgan fingerprint density at radius 1 is 0.661 bits per heavy atom. The van der Waals surface area contributed by atoms with Gasteiger partial charge in [0.2, 0.25) is 5.91 Å². The second-order valence-corrected chi connectivity index (χ2v) is 17.7. The topological polar surface area (TPSA) is 192 Å². The maximum Gasteiger partial charge on any atom is 0.397 e. The van der Waals surface area contributed by atoms with Crippen LogP contribution in [-0.4, -0.2) is 95.4 Å². The molecule has 1 aliphatic rings. The van der Waals surface area contributed by atoms with Crippen molar-refractivity contribution < 1.29 is 51.8 Å². The fourth-order valence-electron chi connectivity index (χ4n) is 7.52. The summed E-state index contributed by atoms with van der Waals surface area (Å²) < 4.78 is 47.5. The van der Waals surface area contributed by atoms with Crippen LogP contribution in [0.3, 0.4) is 0 Å². The van der Waals surface area contributed by atoms with Gasteiger partial charge in [-0.15, -0.1) is 0 Å². The molecule has 6 N–H and O–H groups in total. The van der Waals surface area contributed by atoms with Crippen LogP contribution in [0.15, 0.2) is 24.3 Å². The van der Waals surface area contributed by atoms with Crippen molar-refractivity contribution >= 4 is 16.3 Å². The number of unbranched alkanes of at least 4 members (excludes halogenated alkanes) is 26. The van der Waals surface area contributed by atoms with Gasteiger partial charge in [-0.05, 0) is 38.5 Å². The van der Waals surface area contributed by atoms with Gasteiger partial charge in [-0.25, -0.2) is 4.18 Å². The van der Waals surface area contributed by atoms with Crippen LogP contribution in [0, 0.1) is 0 Å². The summed E-state index contributed by atoms with van der Waals surface area (Å²) in [5, 5.41) is 44.6. The number of hydrogen-bond acceptors (Lipinski definition) is 10. The van der Waals surface area contributed by atoms with Gasteiger partial charge < -0.3 is 35.2 Å². The van der Waals surface area contributed by atoms with E-state index in [-0.39, 0.29) is 18.9 Å². The van der Waals surface area contributed by atoms with E-state index in [1.807, 2.05) is 6.08 Å². The van der Waals surface area contributed by atoms with Gasteiger partial charge in [-0.3, -0.25) is 9.35 Å². The van der Waals surface area contributed by atoms with E-state index in [1.54, 1.807) is 6.08 Å². The molecule has 0 bridgehead atoms. The average molecular weight is 862 g/mol. The number of carbonyl (C=O) groups excluding carboxylic acids is 1. The number of allylic oxidation sites excluding steroid dienone is 3. The molecule has 13 heteroatoms. The fourth-order valence-corrected chi connectivity index (χ4v) is 8.03. The number of amides is 1. The number of rotatable bonds is 40. The van der Waals surface area contributed by atoms with Crippen molar-refractivity contribution in [1.29, 1.82) is 0 Å². The van der Waals surface area contributed by atoms with Crippen LogP contribution in [0.4, 0.5) is 0 Å². The predicted octanol–water partition coefficient (Wildman–Crippen LogP) is 9.33. The maximum atomic E-state index is 12.9. The molecule has 1 amide bonds. The van der Waals surface area contributed by atoms with Gasteiger partial charge >= 0.3 is 10.4 Å². The summed E-state index contributed by atoms with van der Waals surface area (Å²) in [6.07, 6.45) is 33.9. The lowest BCUT2D eigenvalue weighted by Crippen LogP contribution is -2.61. The van der Waals surface area contributed by atoms with Crippen molar-refractivity contribution in [2.24, 2.45) is 0 Å². The summed E-state index contributed by atoms with van der Waals surface area (Å²) in [5.74, 6) is -0.298. The van der Waals surface area contributed by atoms with Crippen molar-refractivity contribution in [3.05, 3.63) is 24.3 Å². The molecular weight excluding hydrogens is 775 g/mol. The van der Waals surface area contributed by atoms with Crippen molar-refractivity contribution in [3.8, 4) is 0 Å². The quantitative estimate of drug-likeness (QED) is 0.0195. The number of aliphatic hydroxyl groups excluding tert-OH is 4. The summed E-state index contributed by atoms with van der Waals surface area (Å²) >= 11 is 0. The van der Waals surface area contributed by atoms with E-state index in [0.29, 0.717) is 6.42 Å². The summed E-state index contributed by atoms with van der Waals surface area (Å²) in [6, 6.07) is -0.955. The zero-order chi connectivity index (χ0) is 43.4. The van der Waals surface area contributed by atoms with Gasteiger partial charge in [-0.1, -0.05) is 186 Å². The molecule has 7 unspecified atom stereocenters. The Kier molecular flexibility index (Phi) is 35.0. The van der Waals surface area contributed by atoms with Crippen molar-refractivity contribution in [2.45, 2.75) is 249 Å². The Bertz CT molecular complexity index is 1150. The third-order valence-corrected chi connectivity index (χ3v) is 11.7. The van der Waals surface area contributed by atoms with Crippen molar-refractivity contribution in [1.82, 2.24) is 5.32 Å². The van der Waals surface area contributed by atoms with Crippen LogP contribution in [0.1, 0.15) is 206 Å². The highest BCUT2D eigenvalue weighted by atomic mass is 32.3. The smallest absolute Gasteiger partial charge is 0.394 e. The minimum Gasteiger partial charge on any atom is -0.394 e. The molecule has 0 spiro atoms. The number of hydrogen-bond donors (Lipinski definition) is 6. The molecule has 0 radical (unpaired) electrons. The number of ether oxygens (including phenoxy) is 2. The van der Waals surface area contributed by atoms with Gasteiger partial charge in [0.05, 0.1) is 25.4 Å². The average Bonchev–Trinajstić information content (AvgIpc) is 3.20. The largest absolute Gasteiger partial charge is 0.397 e. The Balaban J connectivity index is 2.42. The van der Waals surface area contributed by atoms with E-state index in [0.717, 1.165) is 38.5 Å². The lowest BCUT2D eigenvalue weighted by molar-refractivity contribution is -0.298. The summed E-state index contributed by atoms with van der Waals surface area (Å²) in [7, 11) is -5.08. The Morgan fingerprint density at radius 2 is 1.08 bits per heavy atom. The van der Waals surface area contributed by atoms with Crippen molar-refractivity contribution in [3.63, 3.8) is 0 Å². The molecule has 1 aliphatic heterocycles. The molecular formula is C46H87NO11S. The van der Waals surface area contributed by atoms with Gasteiger partial charge in [-0.2, -0.15) is 8.42 Å². The van der Waals surface area contributed by atoms with E-state index >= 15 is 0 Å². The first-order valence-electron chi connectivity index (χ1n) is 23.7. The van der Waals surface area contributed by atoms with Gasteiger partial charge in [0.25, 0.3) is 0 Å². The molecule has 0 aliphatic carbocycles. The Hall–Kier alpha value is -1.42. The number of aliphatic hydroxyl groups is 4. The molecule has 1 fully saturated rings. The summed E-state index contributed by atoms with van der Waals surface area (Å²) in [6.45, 7) is 3.33. The zero-order valence-corrected chi connectivity index (χ0v) is 37.9. The molecule has 1 rings (SSSR count). The molecule has 0 aromatic rings. The summed E-state index contributed by atoms with van der Waals surface area (Å²) in [4.78, 5) is 12.9. The highest BCUT2D eigenvalue weighted by molar-refractivity contribution is 7.80. The third kappa shape index (κ3) is 30.3. The van der Waals surface area contributed by atoms with E-state index in [1.165, 1.54) is 141 Å².